The Labute approximate surface area is 396 Å². The van der Waals surface area contributed by atoms with Crippen molar-refractivity contribution in [3.05, 3.63) is 224 Å². The average molecular weight is 898 g/mol. The van der Waals surface area contributed by atoms with Gasteiger partial charge < -0.3 is 14.4 Å². The molecule has 3 nitrogen and oxygen atoms in total. The van der Waals surface area contributed by atoms with Crippen LogP contribution in [0.4, 0.5) is 34.1 Å². The van der Waals surface area contributed by atoms with E-state index in [1.165, 1.54) is 53.8 Å². The molecular formula is C62H55N3Si2. The lowest BCUT2D eigenvalue weighted by Crippen LogP contribution is -2.37. The van der Waals surface area contributed by atoms with Gasteiger partial charge in [-0.2, -0.15) is 0 Å². The summed E-state index contributed by atoms with van der Waals surface area (Å²) in [5, 5.41) is 10.2. The molecule has 0 saturated heterocycles. The van der Waals surface area contributed by atoms with Gasteiger partial charge in [-0.1, -0.05) is 201 Å². The topological polar surface area (TPSA) is 11.4 Å². The fourth-order valence-corrected chi connectivity index (χ4v) is 12.3. The maximum atomic E-state index is 2.53. The summed E-state index contributed by atoms with van der Waals surface area (Å²) < 4.78 is 2.53. The highest BCUT2D eigenvalue weighted by atomic mass is 28.3. The minimum Gasteiger partial charge on any atom is -0.310 e. The van der Waals surface area contributed by atoms with Gasteiger partial charge in [0.15, 0.2) is 0 Å². The number of para-hydroxylation sites is 2. The van der Waals surface area contributed by atoms with Crippen LogP contribution in [0.5, 0.6) is 0 Å². The first-order valence-electron chi connectivity index (χ1n) is 23.5. The normalized spacial score (nSPS) is 12.0. The number of hydrogen-bond acceptors (Lipinski definition) is 2. The summed E-state index contributed by atoms with van der Waals surface area (Å²) >= 11 is 0. The second kappa shape index (κ2) is 16.8. The third-order valence-electron chi connectivity index (χ3n) is 13.5. The van der Waals surface area contributed by atoms with E-state index in [1.54, 1.807) is 0 Å². The molecule has 0 N–H and O–H groups in total. The molecule has 5 heteroatoms. The van der Waals surface area contributed by atoms with Crippen LogP contribution in [0.1, 0.15) is 0 Å². The number of benzene rings is 10. The molecule has 0 unspecified atom stereocenters. The van der Waals surface area contributed by atoms with Crippen molar-refractivity contribution in [2.75, 3.05) is 9.80 Å². The summed E-state index contributed by atoms with van der Waals surface area (Å²) in [6, 6.07) is 83.3. The van der Waals surface area contributed by atoms with Gasteiger partial charge in [0.2, 0.25) is 0 Å². The van der Waals surface area contributed by atoms with Crippen LogP contribution in [0.25, 0.3) is 60.2 Å². The Morgan fingerprint density at radius 2 is 0.642 bits per heavy atom. The number of nitrogens with zero attached hydrogens (tertiary/aromatic N) is 3. The van der Waals surface area contributed by atoms with E-state index < -0.39 is 16.1 Å². The fourth-order valence-electron chi connectivity index (χ4n) is 10.0. The molecule has 0 aliphatic heterocycles. The number of anilines is 6. The summed E-state index contributed by atoms with van der Waals surface area (Å²) in [5.41, 5.74) is 12.6. The summed E-state index contributed by atoms with van der Waals surface area (Å²) in [7, 11) is -3.06. The van der Waals surface area contributed by atoms with Gasteiger partial charge in [0.25, 0.3) is 0 Å². The van der Waals surface area contributed by atoms with Crippen molar-refractivity contribution in [3.63, 3.8) is 0 Å². The molecule has 1 heterocycles. The van der Waals surface area contributed by atoms with E-state index in [1.807, 2.05) is 0 Å². The van der Waals surface area contributed by atoms with Gasteiger partial charge in [0.05, 0.1) is 38.6 Å². The minimum atomic E-state index is -1.53. The van der Waals surface area contributed by atoms with E-state index in [0.717, 1.165) is 50.8 Å². The van der Waals surface area contributed by atoms with Crippen LogP contribution in [0.3, 0.4) is 0 Å². The van der Waals surface area contributed by atoms with Crippen LogP contribution >= 0.6 is 0 Å². The monoisotopic (exact) mass is 897 g/mol. The second-order valence-electron chi connectivity index (χ2n) is 19.9. The summed E-state index contributed by atoms with van der Waals surface area (Å²) in [6.45, 7) is 14.5. The molecule has 0 aliphatic rings. The molecule has 0 aliphatic carbocycles. The van der Waals surface area contributed by atoms with Crippen LogP contribution in [-0.2, 0) is 0 Å². The Kier molecular flexibility index (Phi) is 10.6. The zero-order valence-corrected chi connectivity index (χ0v) is 41.2. The molecule has 0 saturated carbocycles. The first kappa shape index (κ1) is 42.2. The lowest BCUT2D eigenvalue weighted by Gasteiger charge is -2.28. The Bertz CT molecular complexity index is 3350. The SMILES string of the molecule is C[Si](C)(C)c1ccc(N(c2ccccc2)c2cc3c(c4ccccc24)c2c4ccccc4c(N(c4ccccc4)c4ccc([Si](C)(C)C)cc4)cc2n3-c2ccc(-c3ccccc3)cc2)cc1. The Hall–Kier alpha value is -7.45. The summed E-state index contributed by atoms with van der Waals surface area (Å²) in [6.07, 6.45) is 0. The highest BCUT2D eigenvalue weighted by Crippen LogP contribution is 2.50. The minimum absolute atomic E-state index is 1.11. The first-order valence-corrected chi connectivity index (χ1v) is 30.5. The van der Waals surface area contributed by atoms with Crippen LogP contribution in [0.15, 0.2) is 224 Å². The van der Waals surface area contributed by atoms with E-state index in [2.05, 4.69) is 278 Å². The van der Waals surface area contributed by atoms with Crippen molar-refractivity contribution in [1.29, 1.82) is 0 Å². The number of aromatic nitrogens is 1. The molecule has 1 aromatic heterocycles. The largest absolute Gasteiger partial charge is 0.310 e. The fraction of sp³-hybridized carbons (Fsp3) is 0.0968. The standard InChI is InChI=1S/C62H55N3Si2/c1-66(2,3)51-38-34-48(35-39-51)63(46-22-12-8-13-23-46)57-42-59-61(55-28-18-16-26-53(55)57)62-56-29-19-17-27-54(56)58(43-60(62)65(59)50-32-30-45(31-33-50)44-20-10-7-11-21-44)64(47-24-14-9-15-25-47)49-36-40-52(41-37-49)67(4,5)6/h7-43H,1-6H3. The highest BCUT2D eigenvalue weighted by molar-refractivity contribution is 6.89. The third-order valence-corrected chi connectivity index (χ3v) is 17.6. The van der Waals surface area contributed by atoms with Gasteiger partial charge in [-0.3, -0.25) is 0 Å². The predicted molar refractivity (Wildman–Crippen MR) is 297 cm³/mol. The van der Waals surface area contributed by atoms with Crippen molar-refractivity contribution >= 4 is 104 Å². The molecule has 11 rings (SSSR count). The molecule has 0 radical (unpaired) electrons. The molecular weight excluding hydrogens is 843 g/mol. The quantitative estimate of drug-likeness (QED) is 0.127. The van der Waals surface area contributed by atoms with Gasteiger partial charge in [0.1, 0.15) is 0 Å². The maximum absolute atomic E-state index is 2.53. The van der Waals surface area contributed by atoms with Crippen molar-refractivity contribution < 1.29 is 0 Å². The zero-order valence-electron chi connectivity index (χ0n) is 39.2. The molecule has 0 amide bonds. The zero-order chi connectivity index (χ0) is 45.9. The Balaban J connectivity index is 1.26. The van der Waals surface area contributed by atoms with Gasteiger partial charge >= 0.3 is 0 Å². The summed E-state index contributed by atoms with van der Waals surface area (Å²) in [4.78, 5) is 4.92. The highest BCUT2D eigenvalue weighted by Gasteiger charge is 2.27. The molecule has 0 spiro atoms. The predicted octanol–water partition coefficient (Wildman–Crippen LogP) is 16.8. The van der Waals surface area contributed by atoms with E-state index >= 15 is 0 Å². The molecule has 67 heavy (non-hydrogen) atoms. The van der Waals surface area contributed by atoms with Gasteiger partial charge in [0, 0.05) is 50.0 Å². The smallest absolute Gasteiger partial charge is 0.0775 e. The van der Waals surface area contributed by atoms with Crippen molar-refractivity contribution in [1.82, 2.24) is 4.57 Å². The van der Waals surface area contributed by atoms with Crippen LogP contribution in [0, 0.1) is 0 Å². The van der Waals surface area contributed by atoms with Gasteiger partial charge in [-0.15, -0.1) is 0 Å². The summed E-state index contributed by atoms with van der Waals surface area (Å²) in [5.74, 6) is 0. The first-order chi connectivity index (χ1) is 32.5. The Morgan fingerprint density at radius 3 is 1.03 bits per heavy atom. The molecule has 11 aromatic rings. The number of hydrogen-bond donors (Lipinski definition) is 0. The third kappa shape index (κ3) is 7.64. The van der Waals surface area contributed by atoms with Crippen molar-refractivity contribution in [2.45, 2.75) is 39.3 Å². The lowest BCUT2D eigenvalue weighted by molar-refractivity contribution is 1.18. The number of rotatable bonds is 10. The van der Waals surface area contributed by atoms with E-state index in [0.29, 0.717) is 0 Å². The van der Waals surface area contributed by atoms with E-state index in [-0.39, 0.29) is 0 Å². The second-order valence-corrected chi connectivity index (χ2v) is 30.0. The van der Waals surface area contributed by atoms with Crippen LogP contribution in [-0.4, -0.2) is 20.7 Å². The molecule has 0 atom stereocenters. The maximum Gasteiger partial charge on any atom is 0.0775 e. The lowest BCUT2D eigenvalue weighted by atomic mass is 9.96. The number of fused-ring (bicyclic) bond motifs is 7. The molecule has 0 fully saturated rings. The van der Waals surface area contributed by atoms with Crippen LogP contribution < -0.4 is 20.2 Å². The average Bonchev–Trinajstić information content (AvgIpc) is 3.69. The Morgan fingerprint density at radius 1 is 0.313 bits per heavy atom. The van der Waals surface area contributed by atoms with E-state index in [9.17, 15) is 0 Å². The molecule has 10 aromatic carbocycles. The van der Waals surface area contributed by atoms with Gasteiger partial charge in [-0.05, 0) is 94.7 Å². The molecule has 0 bridgehead atoms. The van der Waals surface area contributed by atoms with Gasteiger partial charge in [-0.25, -0.2) is 0 Å². The van der Waals surface area contributed by atoms with Crippen molar-refractivity contribution in [2.24, 2.45) is 0 Å². The van der Waals surface area contributed by atoms with Crippen molar-refractivity contribution in [3.8, 4) is 16.8 Å². The molecule has 326 valence electrons. The van der Waals surface area contributed by atoms with Crippen LogP contribution in [0.2, 0.25) is 39.3 Å². The van der Waals surface area contributed by atoms with E-state index in [4.69, 9.17) is 0 Å².